The highest BCUT2D eigenvalue weighted by atomic mass is 32.2. The van der Waals surface area contributed by atoms with Gasteiger partial charge in [-0.1, -0.05) is 6.92 Å². The molecular formula is C12H15N3O4S2. The highest BCUT2D eigenvalue weighted by Crippen LogP contribution is 2.25. The first-order valence-electron chi connectivity index (χ1n) is 6.22. The smallest absolute Gasteiger partial charge is 0.348 e. The van der Waals surface area contributed by atoms with Gasteiger partial charge in [0.05, 0.1) is 5.69 Å². The number of nitrogens with one attached hydrogen (secondary N) is 1. The second-order valence-electron chi connectivity index (χ2n) is 4.39. The minimum atomic E-state index is -3.90. The highest BCUT2D eigenvalue weighted by molar-refractivity contribution is 7.92. The Morgan fingerprint density at radius 1 is 1.52 bits per heavy atom. The van der Waals surface area contributed by atoms with Gasteiger partial charge in [-0.15, -0.1) is 11.3 Å². The van der Waals surface area contributed by atoms with E-state index in [1.807, 2.05) is 6.92 Å². The molecule has 0 aliphatic rings. The van der Waals surface area contributed by atoms with Crippen LogP contribution in [0, 0.1) is 6.92 Å². The molecule has 2 aromatic rings. The van der Waals surface area contributed by atoms with E-state index < -0.39 is 16.0 Å². The van der Waals surface area contributed by atoms with Crippen molar-refractivity contribution in [3.05, 3.63) is 28.3 Å². The number of aryl methyl sites for hydroxylation is 2. The summed E-state index contributed by atoms with van der Waals surface area (Å²) in [5.41, 5.74) is 0.0511. The number of hydrogen-bond donors (Lipinski definition) is 2. The fourth-order valence-corrected chi connectivity index (χ4v) is 3.66. The van der Waals surface area contributed by atoms with Crippen molar-refractivity contribution in [1.29, 1.82) is 0 Å². The van der Waals surface area contributed by atoms with E-state index in [1.54, 1.807) is 11.5 Å². The van der Waals surface area contributed by atoms with Crippen LogP contribution in [0.5, 0.6) is 0 Å². The first-order chi connectivity index (χ1) is 9.85. The third-order valence-corrected chi connectivity index (χ3v) is 4.94. The summed E-state index contributed by atoms with van der Waals surface area (Å²) in [7, 11) is -3.90. The van der Waals surface area contributed by atoms with Gasteiger partial charge >= 0.3 is 5.97 Å². The van der Waals surface area contributed by atoms with E-state index in [2.05, 4.69) is 9.71 Å². The lowest BCUT2D eigenvalue weighted by Crippen LogP contribution is -2.14. The minimum Gasteiger partial charge on any atom is -0.477 e. The topological polar surface area (TPSA) is 101 Å². The summed E-state index contributed by atoms with van der Waals surface area (Å²) in [5.74, 6) is -0.573. The summed E-state index contributed by atoms with van der Waals surface area (Å²) in [4.78, 5) is 15.0. The molecule has 0 aromatic carbocycles. The van der Waals surface area contributed by atoms with Gasteiger partial charge in [0, 0.05) is 12.7 Å². The lowest BCUT2D eigenvalue weighted by atomic mass is 10.4. The van der Waals surface area contributed by atoms with Crippen LogP contribution in [-0.2, 0) is 16.6 Å². The Morgan fingerprint density at radius 2 is 2.24 bits per heavy atom. The molecule has 114 valence electrons. The van der Waals surface area contributed by atoms with Crippen LogP contribution >= 0.6 is 11.3 Å². The first kappa shape index (κ1) is 15.5. The maximum atomic E-state index is 12.3. The van der Waals surface area contributed by atoms with E-state index >= 15 is 0 Å². The largest absolute Gasteiger partial charge is 0.477 e. The van der Waals surface area contributed by atoms with Crippen molar-refractivity contribution in [2.75, 3.05) is 4.72 Å². The Bertz CT molecular complexity index is 761. The summed E-state index contributed by atoms with van der Waals surface area (Å²) >= 11 is 0.958. The Kier molecular flexibility index (Phi) is 4.33. The summed E-state index contributed by atoms with van der Waals surface area (Å²) in [5, 5.41) is 10.4. The van der Waals surface area contributed by atoms with Crippen LogP contribution in [0.3, 0.4) is 0 Å². The van der Waals surface area contributed by atoms with Gasteiger partial charge in [0.1, 0.15) is 10.7 Å². The van der Waals surface area contributed by atoms with Crippen molar-refractivity contribution in [3.8, 4) is 0 Å². The van der Waals surface area contributed by atoms with Crippen LogP contribution in [0.4, 0.5) is 5.69 Å². The van der Waals surface area contributed by atoms with Crippen molar-refractivity contribution in [2.45, 2.75) is 31.8 Å². The molecule has 0 amide bonds. The van der Waals surface area contributed by atoms with E-state index in [4.69, 9.17) is 5.11 Å². The molecule has 0 saturated heterocycles. The fourth-order valence-electron chi connectivity index (χ4n) is 1.83. The van der Waals surface area contributed by atoms with Crippen molar-refractivity contribution >= 4 is 33.0 Å². The number of sulfonamides is 1. The normalized spacial score (nSPS) is 11.5. The molecule has 0 fully saturated rings. The van der Waals surface area contributed by atoms with E-state index in [1.165, 1.54) is 17.6 Å². The van der Waals surface area contributed by atoms with Crippen LogP contribution in [0.15, 0.2) is 22.7 Å². The lowest BCUT2D eigenvalue weighted by molar-refractivity contribution is 0.0703. The maximum absolute atomic E-state index is 12.3. The van der Waals surface area contributed by atoms with Gasteiger partial charge in [-0.25, -0.2) is 9.78 Å². The number of imidazole rings is 1. The van der Waals surface area contributed by atoms with Gasteiger partial charge in [-0.3, -0.25) is 4.72 Å². The molecule has 2 heterocycles. The maximum Gasteiger partial charge on any atom is 0.348 e. The number of rotatable bonds is 6. The molecule has 7 nitrogen and oxygen atoms in total. The average Bonchev–Trinajstić information content (AvgIpc) is 2.97. The number of aromatic nitrogens is 2. The number of nitrogens with zero attached hydrogens (tertiary/aromatic N) is 2. The van der Waals surface area contributed by atoms with E-state index in [9.17, 15) is 13.2 Å². The second-order valence-corrected chi connectivity index (χ2v) is 6.94. The molecule has 2 N–H and O–H groups in total. The molecule has 2 aromatic heterocycles. The van der Waals surface area contributed by atoms with Crippen molar-refractivity contribution in [3.63, 3.8) is 0 Å². The van der Waals surface area contributed by atoms with E-state index in [0.717, 1.165) is 17.8 Å². The van der Waals surface area contributed by atoms with Crippen molar-refractivity contribution < 1.29 is 18.3 Å². The summed E-state index contributed by atoms with van der Waals surface area (Å²) in [6.45, 7) is 4.38. The van der Waals surface area contributed by atoms with Crippen LogP contribution in [0.1, 0.15) is 28.8 Å². The first-order valence-corrected chi connectivity index (χ1v) is 8.58. The molecule has 0 saturated carbocycles. The SMILES string of the molecule is CCCn1cc(S(=O)(=O)Nc2ccsc2C(=O)O)nc1C. The standard InChI is InChI=1S/C12H15N3O4S2/c1-3-5-15-7-10(13-8(15)2)21(18,19)14-9-4-6-20-11(9)12(16)17/h4,6-7,14H,3,5H2,1-2H3,(H,16,17). The van der Waals surface area contributed by atoms with Gasteiger partial charge < -0.3 is 9.67 Å². The third-order valence-electron chi connectivity index (χ3n) is 2.80. The molecule has 0 unspecified atom stereocenters. The molecule has 21 heavy (non-hydrogen) atoms. The molecule has 0 atom stereocenters. The van der Waals surface area contributed by atoms with Crippen molar-refractivity contribution in [1.82, 2.24) is 9.55 Å². The summed E-state index contributed by atoms with van der Waals surface area (Å²) in [6, 6.07) is 1.42. The summed E-state index contributed by atoms with van der Waals surface area (Å²) in [6.07, 6.45) is 2.31. The number of hydrogen-bond acceptors (Lipinski definition) is 5. The predicted octanol–water partition coefficient (Wildman–Crippen LogP) is 2.16. The van der Waals surface area contributed by atoms with Gasteiger partial charge in [0.25, 0.3) is 10.0 Å². The monoisotopic (exact) mass is 329 g/mol. The second kappa shape index (κ2) is 5.86. The van der Waals surface area contributed by atoms with Crippen LogP contribution < -0.4 is 4.72 Å². The van der Waals surface area contributed by atoms with Crippen LogP contribution in [-0.4, -0.2) is 29.0 Å². The zero-order valence-corrected chi connectivity index (χ0v) is 13.2. The van der Waals surface area contributed by atoms with Gasteiger partial charge in [-0.05, 0) is 24.8 Å². The van der Waals surface area contributed by atoms with E-state index in [-0.39, 0.29) is 15.6 Å². The van der Waals surface area contributed by atoms with E-state index in [0.29, 0.717) is 12.4 Å². The minimum absolute atomic E-state index is 0.0511. The molecule has 9 heteroatoms. The number of carbonyl (C=O) groups is 1. The molecule has 2 rings (SSSR count). The molecule has 0 aliphatic carbocycles. The zero-order valence-electron chi connectivity index (χ0n) is 11.5. The number of carboxylic acids is 1. The summed E-state index contributed by atoms with van der Waals surface area (Å²) < 4.78 is 28.6. The molecular weight excluding hydrogens is 314 g/mol. The Labute approximate surface area is 126 Å². The fraction of sp³-hybridized carbons (Fsp3) is 0.333. The quantitative estimate of drug-likeness (QED) is 0.845. The van der Waals surface area contributed by atoms with Gasteiger partial charge in [0.15, 0.2) is 5.03 Å². The Morgan fingerprint density at radius 3 is 2.86 bits per heavy atom. The predicted molar refractivity (Wildman–Crippen MR) is 79.3 cm³/mol. The lowest BCUT2D eigenvalue weighted by Gasteiger charge is -2.04. The zero-order chi connectivity index (χ0) is 15.6. The Balaban J connectivity index is 2.32. The Hall–Kier alpha value is -1.87. The highest BCUT2D eigenvalue weighted by Gasteiger charge is 2.22. The number of anilines is 1. The average molecular weight is 329 g/mol. The van der Waals surface area contributed by atoms with Crippen LogP contribution in [0.25, 0.3) is 0 Å². The number of thiophene rings is 1. The third kappa shape index (κ3) is 3.24. The number of aromatic carboxylic acids is 1. The molecule has 0 aliphatic heterocycles. The molecule has 0 spiro atoms. The number of carboxylic acid groups (broad SMARTS) is 1. The van der Waals surface area contributed by atoms with Crippen molar-refractivity contribution in [2.24, 2.45) is 0 Å². The van der Waals surface area contributed by atoms with Gasteiger partial charge in [-0.2, -0.15) is 8.42 Å². The van der Waals surface area contributed by atoms with Crippen LogP contribution in [0.2, 0.25) is 0 Å². The molecule has 0 radical (unpaired) electrons. The van der Waals surface area contributed by atoms with Gasteiger partial charge in [0.2, 0.25) is 0 Å². The molecule has 0 bridgehead atoms.